The first-order valence-electron chi connectivity index (χ1n) is 6.49. The lowest BCUT2D eigenvalue weighted by molar-refractivity contribution is -0.121. The van der Waals surface area contributed by atoms with Crippen molar-refractivity contribution in [3.8, 4) is 0 Å². The fourth-order valence-electron chi connectivity index (χ4n) is 1.74. The average Bonchev–Trinajstić information content (AvgIpc) is 2.65. The summed E-state index contributed by atoms with van der Waals surface area (Å²) in [4.78, 5) is 11.6. The number of carbonyl (C=O) groups is 1. The Balaban J connectivity index is 2.15. The van der Waals surface area contributed by atoms with E-state index in [0.29, 0.717) is 26.1 Å². The number of rotatable bonds is 8. The molecule has 0 bridgehead atoms. The molecule has 1 N–H and O–H groups in total. The Morgan fingerprint density at radius 2 is 2.28 bits per heavy atom. The lowest BCUT2D eigenvalue weighted by Crippen LogP contribution is -2.26. The molecule has 1 rings (SSSR count). The van der Waals surface area contributed by atoms with Gasteiger partial charge in [-0.25, -0.2) is 0 Å². The summed E-state index contributed by atoms with van der Waals surface area (Å²) >= 11 is 0. The first-order chi connectivity index (χ1) is 8.63. The van der Waals surface area contributed by atoms with Gasteiger partial charge in [0, 0.05) is 38.4 Å². The Labute approximate surface area is 109 Å². The first-order valence-corrected chi connectivity index (χ1v) is 6.49. The first kappa shape index (κ1) is 14.7. The monoisotopic (exact) mass is 253 g/mol. The molecule has 0 unspecified atom stereocenters. The summed E-state index contributed by atoms with van der Waals surface area (Å²) < 4.78 is 7.07. The van der Waals surface area contributed by atoms with Gasteiger partial charge in [0.1, 0.15) is 0 Å². The zero-order valence-electron chi connectivity index (χ0n) is 11.5. The van der Waals surface area contributed by atoms with Crippen LogP contribution in [0, 0.1) is 13.8 Å². The summed E-state index contributed by atoms with van der Waals surface area (Å²) in [6.07, 6.45) is 1.33. The summed E-state index contributed by atoms with van der Waals surface area (Å²) in [7, 11) is 0. The van der Waals surface area contributed by atoms with Crippen LogP contribution >= 0.6 is 0 Å². The lowest BCUT2D eigenvalue weighted by atomic mass is 10.3. The van der Waals surface area contributed by atoms with E-state index in [9.17, 15) is 4.79 Å². The van der Waals surface area contributed by atoms with Crippen LogP contribution in [-0.4, -0.2) is 35.4 Å². The van der Waals surface area contributed by atoms with Crippen molar-refractivity contribution in [2.75, 3.05) is 19.8 Å². The van der Waals surface area contributed by atoms with Gasteiger partial charge in [-0.15, -0.1) is 0 Å². The molecule has 1 amide bonds. The number of nitrogens with zero attached hydrogens (tertiary/aromatic N) is 2. The topological polar surface area (TPSA) is 56.1 Å². The van der Waals surface area contributed by atoms with E-state index < -0.39 is 0 Å². The van der Waals surface area contributed by atoms with Crippen LogP contribution in [0.2, 0.25) is 0 Å². The maximum absolute atomic E-state index is 11.6. The van der Waals surface area contributed by atoms with Gasteiger partial charge in [0.05, 0.1) is 5.69 Å². The standard InChI is InChI=1S/C13H23N3O2/c1-4-18-9-5-7-14-13(17)6-8-16-12(3)10-11(2)15-16/h10H,4-9H2,1-3H3,(H,14,17). The molecule has 0 radical (unpaired) electrons. The van der Waals surface area contributed by atoms with Gasteiger partial charge in [-0.3, -0.25) is 9.48 Å². The highest BCUT2D eigenvalue weighted by Gasteiger charge is 2.04. The van der Waals surface area contributed by atoms with E-state index in [1.165, 1.54) is 0 Å². The molecule has 0 aliphatic heterocycles. The highest BCUT2D eigenvalue weighted by atomic mass is 16.5. The Hall–Kier alpha value is -1.36. The normalized spacial score (nSPS) is 10.6. The number of nitrogens with one attached hydrogen (secondary N) is 1. The molecule has 0 aliphatic carbocycles. The van der Waals surface area contributed by atoms with E-state index >= 15 is 0 Å². The molecule has 1 aromatic heterocycles. The fourth-order valence-corrected chi connectivity index (χ4v) is 1.74. The molecule has 0 fully saturated rings. The van der Waals surface area contributed by atoms with Gasteiger partial charge in [0.15, 0.2) is 0 Å². The van der Waals surface area contributed by atoms with Gasteiger partial charge >= 0.3 is 0 Å². The van der Waals surface area contributed by atoms with Crippen LogP contribution < -0.4 is 5.32 Å². The number of aromatic nitrogens is 2. The van der Waals surface area contributed by atoms with Crippen LogP contribution in [0.1, 0.15) is 31.2 Å². The van der Waals surface area contributed by atoms with E-state index in [-0.39, 0.29) is 5.91 Å². The SMILES string of the molecule is CCOCCCNC(=O)CCn1nc(C)cc1C. The maximum atomic E-state index is 11.6. The maximum Gasteiger partial charge on any atom is 0.221 e. The number of hydrogen-bond acceptors (Lipinski definition) is 3. The molecule has 0 saturated carbocycles. The minimum Gasteiger partial charge on any atom is -0.382 e. The summed E-state index contributed by atoms with van der Waals surface area (Å²) in [6.45, 7) is 8.66. The highest BCUT2D eigenvalue weighted by molar-refractivity contribution is 5.75. The molecule has 5 heteroatoms. The van der Waals surface area contributed by atoms with Gasteiger partial charge in [-0.05, 0) is 33.3 Å². The van der Waals surface area contributed by atoms with Crippen molar-refractivity contribution >= 4 is 5.91 Å². The van der Waals surface area contributed by atoms with Crippen molar-refractivity contribution < 1.29 is 9.53 Å². The summed E-state index contributed by atoms with van der Waals surface area (Å²) in [5.74, 6) is 0.0686. The van der Waals surface area contributed by atoms with E-state index in [2.05, 4.69) is 10.4 Å². The molecule has 18 heavy (non-hydrogen) atoms. The quantitative estimate of drug-likeness (QED) is 0.713. The second kappa shape index (κ2) is 7.87. The van der Waals surface area contributed by atoms with Gasteiger partial charge in [-0.1, -0.05) is 0 Å². The predicted octanol–water partition coefficient (Wildman–Crippen LogP) is 1.43. The number of aryl methyl sites for hydroxylation is 3. The molecular formula is C13H23N3O2. The van der Waals surface area contributed by atoms with Crippen molar-refractivity contribution in [3.05, 3.63) is 17.5 Å². The van der Waals surface area contributed by atoms with Crippen LogP contribution in [0.15, 0.2) is 6.07 Å². The molecule has 0 atom stereocenters. The zero-order valence-corrected chi connectivity index (χ0v) is 11.5. The van der Waals surface area contributed by atoms with Crippen LogP contribution in [0.3, 0.4) is 0 Å². The van der Waals surface area contributed by atoms with Gasteiger partial charge in [0.25, 0.3) is 0 Å². The predicted molar refractivity (Wildman–Crippen MR) is 70.4 cm³/mol. The molecule has 1 aromatic rings. The number of hydrogen-bond donors (Lipinski definition) is 1. The lowest BCUT2D eigenvalue weighted by Gasteiger charge is -2.06. The summed E-state index contributed by atoms with van der Waals surface area (Å²) in [6, 6.07) is 2.01. The van der Waals surface area contributed by atoms with Crippen molar-refractivity contribution in [2.45, 2.75) is 40.2 Å². The van der Waals surface area contributed by atoms with Crippen LogP contribution in [0.4, 0.5) is 0 Å². The molecular weight excluding hydrogens is 230 g/mol. The third-order valence-corrected chi connectivity index (χ3v) is 2.65. The van der Waals surface area contributed by atoms with Crippen LogP contribution in [-0.2, 0) is 16.1 Å². The zero-order chi connectivity index (χ0) is 13.4. The van der Waals surface area contributed by atoms with E-state index in [4.69, 9.17) is 4.74 Å². The minimum absolute atomic E-state index is 0.0686. The van der Waals surface area contributed by atoms with Crippen molar-refractivity contribution in [3.63, 3.8) is 0 Å². The van der Waals surface area contributed by atoms with Gasteiger partial charge < -0.3 is 10.1 Å². The number of ether oxygens (including phenoxy) is 1. The Morgan fingerprint density at radius 1 is 1.50 bits per heavy atom. The van der Waals surface area contributed by atoms with E-state index in [0.717, 1.165) is 24.4 Å². The third kappa shape index (κ3) is 5.31. The largest absolute Gasteiger partial charge is 0.382 e. The second-order valence-corrected chi connectivity index (χ2v) is 4.30. The number of amides is 1. The number of carbonyl (C=O) groups excluding carboxylic acids is 1. The van der Waals surface area contributed by atoms with Crippen molar-refractivity contribution in [2.24, 2.45) is 0 Å². The highest BCUT2D eigenvalue weighted by Crippen LogP contribution is 2.02. The molecule has 0 saturated heterocycles. The molecule has 0 aliphatic rings. The molecule has 102 valence electrons. The fraction of sp³-hybridized carbons (Fsp3) is 0.692. The van der Waals surface area contributed by atoms with Crippen LogP contribution in [0.5, 0.6) is 0 Å². The molecule has 0 aromatic carbocycles. The van der Waals surface area contributed by atoms with Crippen molar-refractivity contribution in [1.82, 2.24) is 15.1 Å². The Bertz CT molecular complexity index is 374. The van der Waals surface area contributed by atoms with E-state index in [1.54, 1.807) is 0 Å². The average molecular weight is 253 g/mol. The van der Waals surface area contributed by atoms with Gasteiger partial charge in [-0.2, -0.15) is 5.10 Å². The summed E-state index contributed by atoms with van der Waals surface area (Å²) in [5.41, 5.74) is 2.08. The third-order valence-electron chi connectivity index (χ3n) is 2.65. The molecule has 5 nitrogen and oxygen atoms in total. The smallest absolute Gasteiger partial charge is 0.221 e. The summed E-state index contributed by atoms with van der Waals surface area (Å²) in [5, 5.41) is 7.20. The van der Waals surface area contributed by atoms with E-state index in [1.807, 2.05) is 31.5 Å². The minimum atomic E-state index is 0.0686. The molecule has 0 spiro atoms. The Kier molecular flexibility index (Phi) is 6.43. The Morgan fingerprint density at radius 3 is 2.89 bits per heavy atom. The van der Waals surface area contributed by atoms with Crippen LogP contribution in [0.25, 0.3) is 0 Å². The molecule has 1 heterocycles. The van der Waals surface area contributed by atoms with Gasteiger partial charge in [0.2, 0.25) is 5.91 Å². The second-order valence-electron chi connectivity index (χ2n) is 4.30. The van der Waals surface area contributed by atoms with Crippen molar-refractivity contribution in [1.29, 1.82) is 0 Å².